The van der Waals surface area contributed by atoms with Gasteiger partial charge < -0.3 is 14.2 Å². The van der Waals surface area contributed by atoms with Gasteiger partial charge in [-0.1, -0.05) is 0 Å². The van der Waals surface area contributed by atoms with E-state index < -0.39 is 82.0 Å². The molecule has 3 fully saturated rings. The number of aryl methyl sites for hydroxylation is 3. The van der Waals surface area contributed by atoms with Crippen molar-refractivity contribution in [2.75, 3.05) is 52.5 Å². The van der Waals surface area contributed by atoms with Gasteiger partial charge in [0.25, 0.3) is 26.8 Å². The Bertz CT molecular complexity index is 3410. The van der Waals surface area contributed by atoms with Gasteiger partial charge in [-0.15, -0.1) is 0 Å². The van der Waals surface area contributed by atoms with E-state index in [-0.39, 0.29) is 46.2 Å². The van der Waals surface area contributed by atoms with Crippen LogP contribution < -0.4 is 33.7 Å². The largest absolute Gasteiger partial charge is 0.408 e. The number of aromatic nitrogens is 12. The first-order valence-corrected chi connectivity index (χ1v) is 27.0. The molecule has 0 bridgehead atoms. The number of nitrogens with zero attached hydrogens (tertiary/aromatic N) is 11. The monoisotopic (exact) mass is 1180 g/mol. The van der Waals surface area contributed by atoms with Crippen molar-refractivity contribution in [3.63, 3.8) is 0 Å². The molecule has 34 heteroatoms. The number of fused-ring (bicyclic) bond motifs is 3. The highest BCUT2D eigenvalue weighted by Crippen LogP contribution is 2.24. The van der Waals surface area contributed by atoms with Crippen LogP contribution in [-0.4, -0.2) is 137 Å². The van der Waals surface area contributed by atoms with Gasteiger partial charge in [0.2, 0.25) is 0 Å². The molecule has 80 heavy (non-hydrogen) atoms. The maximum absolute atomic E-state index is 12.7. The van der Waals surface area contributed by atoms with Crippen molar-refractivity contribution < 1.29 is 66.3 Å². The minimum atomic E-state index is -4.51. The first-order chi connectivity index (χ1) is 37.4. The predicted molar refractivity (Wildman–Crippen MR) is 268 cm³/mol. The lowest BCUT2D eigenvalue weighted by molar-refractivity contribution is -0.142. The van der Waals surface area contributed by atoms with Crippen LogP contribution in [0.2, 0.25) is 0 Å². The number of nitrogens with one attached hydrogen (secondary N) is 1. The van der Waals surface area contributed by atoms with Gasteiger partial charge in [-0.2, -0.15) is 63.2 Å². The van der Waals surface area contributed by atoms with Gasteiger partial charge in [-0.25, -0.2) is 28.4 Å². The zero-order chi connectivity index (χ0) is 58.9. The molecule has 6 aromatic rings. The van der Waals surface area contributed by atoms with Gasteiger partial charge in [-0.05, 0) is 75.5 Å². The molecule has 24 nitrogen and oxygen atoms in total. The molecule has 0 aliphatic carbocycles. The molecule has 3 aliphatic rings. The van der Waals surface area contributed by atoms with E-state index in [1.807, 2.05) is 4.98 Å². The molecule has 0 atom stereocenters. The van der Waals surface area contributed by atoms with Gasteiger partial charge >= 0.3 is 35.6 Å². The second-order valence-corrected chi connectivity index (χ2v) is 21.1. The van der Waals surface area contributed by atoms with Gasteiger partial charge in [0, 0.05) is 73.9 Å². The Kier molecular flexibility index (Phi) is 20.8. The molecular formula is C46H61F9N12O12S. The lowest BCUT2D eigenvalue weighted by Gasteiger charge is -2.22. The maximum atomic E-state index is 12.7. The molecule has 0 aromatic carbocycles. The second-order valence-electron chi connectivity index (χ2n) is 19.4. The summed E-state index contributed by atoms with van der Waals surface area (Å²) in [6.07, 6.45) is -1.65. The summed E-state index contributed by atoms with van der Waals surface area (Å²) >= 11 is 0. The van der Waals surface area contributed by atoms with Crippen LogP contribution in [0.3, 0.4) is 0 Å². The fraction of sp³-hybridized carbons (Fsp3) is 0.674. The van der Waals surface area contributed by atoms with Crippen LogP contribution in [0.4, 0.5) is 39.5 Å². The van der Waals surface area contributed by atoms with Crippen LogP contribution in [0.1, 0.15) is 57.8 Å². The number of hydrogen-bond donors (Lipinski definition) is 1. The molecule has 1 N–H and O–H groups in total. The number of ether oxygens (including phenoxy) is 3. The lowest BCUT2D eigenvalue weighted by atomic mass is 9.97. The highest BCUT2D eigenvalue weighted by molar-refractivity contribution is 7.85. The summed E-state index contributed by atoms with van der Waals surface area (Å²) < 4.78 is 162. The Labute approximate surface area is 447 Å². The molecule has 0 saturated carbocycles. The Hall–Kier alpha value is -6.39. The molecule has 446 valence electrons. The highest BCUT2D eigenvalue weighted by atomic mass is 32.2. The van der Waals surface area contributed by atoms with Gasteiger partial charge in [0.15, 0.2) is 16.6 Å². The third-order valence-electron chi connectivity index (χ3n) is 13.6. The molecule has 3 aliphatic heterocycles. The van der Waals surface area contributed by atoms with Crippen molar-refractivity contribution in [1.29, 1.82) is 0 Å². The Morgan fingerprint density at radius 2 is 0.863 bits per heavy atom. The maximum Gasteiger partial charge on any atom is 0.408 e. The van der Waals surface area contributed by atoms with Crippen LogP contribution in [-0.2, 0) is 82.4 Å². The average Bonchev–Trinajstić information content (AvgIpc) is 4.12. The SMILES string of the molecule is CS(=O)(=O)OCCC1CCOCC1.Cn1c(=O)[nH]c(=O)c2c1cnn2CC(F)(F)F.Cn1c(=O)n(CCC2CCOCC2)c(=O)c2c1cnn2CC(F)(F)F.Cn1c(=O)n(CCC2CCOCC2)c(=O)c2c1cnn2CC(F)(F)F. The predicted octanol–water partition coefficient (Wildman–Crippen LogP) is 3.32. The summed E-state index contributed by atoms with van der Waals surface area (Å²) in [5.74, 6) is 1.23. The van der Waals surface area contributed by atoms with Crippen LogP contribution in [0.25, 0.3) is 33.1 Å². The summed E-state index contributed by atoms with van der Waals surface area (Å²) in [7, 11) is 0.928. The normalized spacial score (nSPS) is 16.3. The highest BCUT2D eigenvalue weighted by Gasteiger charge is 2.33. The molecule has 0 radical (unpaired) electrons. The summed E-state index contributed by atoms with van der Waals surface area (Å²) in [6, 6.07) is 0. The molecule has 6 aromatic heterocycles. The van der Waals surface area contributed by atoms with E-state index in [0.29, 0.717) is 77.7 Å². The van der Waals surface area contributed by atoms with Crippen LogP contribution in [0, 0.1) is 17.8 Å². The Morgan fingerprint density at radius 3 is 1.20 bits per heavy atom. The quantitative estimate of drug-likeness (QED) is 0.128. The fourth-order valence-electron chi connectivity index (χ4n) is 9.24. The Balaban J connectivity index is 0.000000177. The molecule has 9 heterocycles. The van der Waals surface area contributed by atoms with E-state index in [1.54, 1.807) is 0 Å². The van der Waals surface area contributed by atoms with Crippen molar-refractivity contribution in [2.45, 2.75) is 109 Å². The van der Waals surface area contributed by atoms with Crippen LogP contribution in [0.15, 0.2) is 47.4 Å². The summed E-state index contributed by atoms with van der Waals surface area (Å²) in [5, 5.41) is 10.7. The molecule has 0 unspecified atom stereocenters. The molecule has 3 saturated heterocycles. The van der Waals surface area contributed by atoms with Gasteiger partial charge in [-0.3, -0.25) is 46.4 Å². The number of H-pyrrole nitrogens is 1. The van der Waals surface area contributed by atoms with E-state index in [2.05, 4.69) is 19.5 Å². The smallest absolute Gasteiger partial charge is 0.381 e. The van der Waals surface area contributed by atoms with Crippen molar-refractivity contribution in [3.8, 4) is 0 Å². The minimum absolute atomic E-state index is 0.0583. The van der Waals surface area contributed by atoms with Crippen molar-refractivity contribution in [2.24, 2.45) is 38.9 Å². The number of alkyl halides is 9. The fourth-order valence-corrected chi connectivity index (χ4v) is 9.64. The third-order valence-corrected chi connectivity index (χ3v) is 14.2. The topological polar surface area (TPSA) is 267 Å². The minimum Gasteiger partial charge on any atom is -0.381 e. The molecule has 0 spiro atoms. The van der Waals surface area contributed by atoms with Crippen molar-refractivity contribution in [1.82, 2.24) is 57.2 Å². The molecule has 9 rings (SSSR count). The van der Waals surface area contributed by atoms with E-state index in [0.717, 1.165) is 96.7 Å². The van der Waals surface area contributed by atoms with Crippen molar-refractivity contribution in [3.05, 3.63) is 81.1 Å². The first kappa shape index (κ1) is 62.8. The van der Waals surface area contributed by atoms with E-state index >= 15 is 0 Å². The molecule has 0 amide bonds. The summed E-state index contributed by atoms with van der Waals surface area (Å²) in [6.45, 7) is 0.711. The third kappa shape index (κ3) is 17.1. The number of halogens is 9. The summed E-state index contributed by atoms with van der Waals surface area (Å²) in [4.78, 5) is 74.6. The zero-order valence-electron chi connectivity index (χ0n) is 43.9. The summed E-state index contributed by atoms with van der Waals surface area (Å²) in [5.41, 5.74) is -4.56. The Morgan fingerprint density at radius 1 is 0.537 bits per heavy atom. The van der Waals surface area contributed by atoms with Crippen LogP contribution >= 0.6 is 0 Å². The number of hydrogen-bond acceptors (Lipinski definition) is 15. The van der Waals surface area contributed by atoms with Crippen molar-refractivity contribution >= 4 is 43.2 Å². The van der Waals surface area contributed by atoms with Gasteiger partial charge in [0.05, 0.1) is 48.0 Å². The van der Waals surface area contributed by atoms with E-state index in [4.69, 9.17) is 14.2 Å². The average molecular weight is 1180 g/mol. The number of aromatic amines is 1. The first-order valence-electron chi connectivity index (χ1n) is 25.2. The van der Waals surface area contributed by atoms with E-state index in [1.165, 1.54) is 30.3 Å². The standard InChI is InChI=1S/2C15H19F3N4O3.C8H7F3N4O2.C8H16O4S/c2*1-20-11-8-19-22(9-15(16,17)18)12(11)13(23)21(14(20)24)5-2-10-3-6-25-7-4-10;1-14-4-2-12-15(3-8(9,10)11)5(4)6(16)13-7(14)17;1-13(9,10)12-7-4-8-2-5-11-6-3-8/h2*8,10H,2-7,9H2,1H3;2H,3H2,1H3,(H,13,16,17);8H,2-7H2,1H3. The van der Waals surface area contributed by atoms with Gasteiger partial charge in [0.1, 0.15) is 19.6 Å². The zero-order valence-corrected chi connectivity index (χ0v) is 44.8. The lowest BCUT2D eigenvalue weighted by Crippen LogP contribution is -2.40. The van der Waals surface area contributed by atoms with Crippen LogP contribution in [0.5, 0.6) is 0 Å². The van der Waals surface area contributed by atoms with E-state index in [9.17, 15) is 76.7 Å². The number of rotatable bonds is 13. The second kappa shape index (κ2) is 26.5. The molecular weight excluding hydrogens is 1120 g/mol.